The Kier molecular flexibility index (Phi) is 5.33. The van der Waals surface area contributed by atoms with Gasteiger partial charge in [-0.3, -0.25) is 24.5 Å². The summed E-state index contributed by atoms with van der Waals surface area (Å²) in [7, 11) is 1.61. The summed E-state index contributed by atoms with van der Waals surface area (Å²) in [5, 5.41) is 6.19. The Balaban J connectivity index is 1.26. The highest BCUT2D eigenvalue weighted by Gasteiger charge is 2.39. The van der Waals surface area contributed by atoms with Crippen molar-refractivity contribution in [2.75, 3.05) is 7.11 Å². The van der Waals surface area contributed by atoms with Gasteiger partial charge in [0, 0.05) is 29.8 Å². The Morgan fingerprint density at radius 2 is 2.03 bits per heavy atom. The van der Waals surface area contributed by atoms with Crippen LogP contribution in [0.4, 0.5) is 0 Å². The molecule has 5 rings (SSSR count). The third kappa shape index (κ3) is 3.95. The SMILES string of the molecule is COc1ccc2sc(C(=O)NCc3ccc4c(c3)CN(C3CCC(=O)NC3=O)C4=O)cc2c1. The van der Waals surface area contributed by atoms with Crippen molar-refractivity contribution in [3.8, 4) is 5.75 Å². The summed E-state index contributed by atoms with van der Waals surface area (Å²) >= 11 is 1.42. The van der Waals surface area contributed by atoms with E-state index in [1.54, 1.807) is 19.2 Å². The molecule has 33 heavy (non-hydrogen) atoms. The van der Waals surface area contributed by atoms with Gasteiger partial charge in [0.05, 0.1) is 12.0 Å². The van der Waals surface area contributed by atoms with Crippen molar-refractivity contribution in [3.63, 3.8) is 0 Å². The molecule has 1 atom stereocenters. The molecule has 2 aromatic carbocycles. The number of imide groups is 1. The molecule has 168 valence electrons. The molecule has 1 aromatic heterocycles. The molecule has 3 aromatic rings. The fourth-order valence-electron chi connectivity index (χ4n) is 4.27. The van der Waals surface area contributed by atoms with Crippen molar-refractivity contribution >= 4 is 45.1 Å². The number of fused-ring (bicyclic) bond motifs is 2. The smallest absolute Gasteiger partial charge is 0.261 e. The molecule has 0 bridgehead atoms. The molecular formula is C24H21N3O5S. The number of thiophene rings is 1. The number of nitrogens with one attached hydrogen (secondary N) is 2. The molecule has 8 nitrogen and oxygen atoms in total. The van der Waals surface area contributed by atoms with Gasteiger partial charge >= 0.3 is 0 Å². The summed E-state index contributed by atoms with van der Waals surface area (Å²) in [5.41, 5.74) is 2.22. The third-order valence-corrected chi connectivity index (χ3v) is 7.10. The van der Waals surface area contributed by atoms with E-state index in [9.17, 15) is 19.2 Å². The standard InChI is InChI=1S/C24H21N3O5S/c1-32-16-3-6-19-14(9-16)10-20(33-19)23(30)25-11-13-2-4-17-15(8-13)12-27(24(17)31)18-5-7-21(28)26-22(18)29/h2-4,6,8-10,18H,5,7,11-12H2,1H3,(H,25,30)(H,26,28,29). The van der Waals surface area contributed by atoms with E-state index in [2.05, 4.69) is 10.6 Å². The largest absolute Gasteiger partial charge is 0.497 e. The van der Waals surface area contributed by atoms with Crippen LogP contribution < -0.4 is 15.4 Å². The molecule has 2 N–H and O–H groups in total. The van der Waals surface area contributed by atoms with Crippen LogP contribution in [0.5, 0.6) is 5.75 Å². The Bertz CT molecular complexity index is 1310. The number of hydrogen-bond donors (Lipinski definition) is 2. The summed E-state index contributed by atoms with van der Waals surface area (Å²) in [6.45, 7) is 0.622. The van der Waals surface area contributed by atoms with Crippen LogP contribution in [0.15, 0.2) is 42.5 Å². The Labute approximate surface area is 193 Å². The molecule has 2 aliphatic heterocycles. The molecule has 1 saturated heterocycles. The van der Waals surface area contributed by atoms with Gasteiger partial charge in [0.1, 0.15) is 11.8 Å². The average molecular weight is 464 g/mol. The number of piperidine rings is 1. The van der Waals surface area contributed by atoms with Gasteiger partial charge in [-0.1, -0.05) is 12.1 Å². The molecule has 1 fully saturated rings. The van der Waals surface area contributed by atoms with Crippen LogP contribution >= 0.6 is 11.3 Å². The van der Waals surface area contributed by atoms with Crippen molar-refractivity contribution in [3.05, 3.63) is 64.0 Å². The van der Waals surface area contributed by atoms with Gasteiger partial charge in [-0.05, 0) is 53.3 Å². The van der Waals surface area contributed by atoms with E-state index < -0.39 is 11.9 Å². The first-order valence-electron chi connectivity index (χ1n) is 10.5. The fourth-order valence-corrected chi connectivity index (χ4v) is 5.23. The normalized spacial score (nSPS) is 17.8. The minimum Gasteiger partial charge on any atom is -0.497 e. The van der Waals surface area contributed by atoms with Crippen molar-refractivity contribution in [2.24, 2.45) is 0 Å². The number of ether oxygens (including phenoxy) is 1. The maximum atomic E-state index is 12.8. The number of carbonyl (C=O) groups is 4. The van der Waals surface area contributed by atoms with Crippen molar-refractivity contribution < 1.29 is 23.9 Å². The van der Waals surface area contributed by atoms with Gasteiger partial charge in [0.25, 0.3) is 11.8 Å². The van der Waals surface area contributed by atoms with Crippen LogP contribution in [0.2, 0.25) is 0 Å². The minimum atomic E-state index is -0.641. The van der Waals surface area contributed by atoms with Crippen molar-refractivity contribution in [2.45, 2.75) is 32.0 Å². The van der Waals surface area contributed by atoms with Gasteiger partial charge in [-0.25, -0.2) is 0 Å². The van der Waals surface area contributed by atoms with Crippen LogP contribution in [0.3, 0.4) is 0 Å². The quantitative estimate of drug-likeness (QED) is 0.566. The second-order valence-corrected chi connectivity index (χ2v) is 9.17. The van der Waals surface area contributed by atoms with E-state index in [0.29, 0.717) is 30.0 Å². The van der Waals surface area contributed by atoms with Crippen LogP contribution in [-0.2, 0) is 22.7 Å². The van der Waals surface area contributed by atoms with Gasteiger partial charge in [-0.15, -0.1) is 11.3 Å². The Morgan fingerprint density at radius 3 is 2.82 bits per heavy atom. The second kappa shape index (κ2) is 8.32. The van der Waals surface area contributed by atoms with Gasteiger partial charge in [0.2, 0.25) is 11.8 Å². The number of benzene rings is 2. The van der Waals surface area contributed by atoms with E-state index in [1.807, 2.05) is 30.3 Å². The number of amides is 4. The van der Waals surface area contributed by atoms with E-state index in [1.165, 1.54) is 16.2 Å². The highest BCUT2D eigenvalue weighted by molar-refractivity contribution is 7.20. The second-order valence-electron chi connectivity index (χ2n) is 8.09. The number of hydrogen-bond acceptors (Lipinski definition) is 6. The summed E-state index contributed by atoms with van der Waals surface area (Å²) in [6, 6.07) is 12.3. The lowest BCUT2D eigenvalue weighted by atomic mass is 10.0. The number of methoxy groups -OCH3 is 1. The van der Waals surface area contributed by atoms with E-state index >= 15 is 0 Å². The third-order valence-electron chi connectivity index (χ3n) is 5.99. The molecule has 2 aliphatic rings. The Hall–Kier alpha value is -3.72. The van der Waals surface area contributed by atoms with Crippen LogP contribution in [0.1, 0.15) is 44.0 Å². The molecular weight excluding hydrogens is 442 g/mol. The molecule has 0 radical (unpaired) electrons. The fraction of sp³-hybridized carbons (Fsp3) is 0.250. The topological polar surface area (TPSA) is 105 Å². The maximum Gasteiger partial charge on any atom is 0.261 e. The summed E-state index contributed by atoms with van der Waals surface area (Å²) in [4.78, 5) is 51.2. The lowest BCUT2D eigenvalue weighted by Gasteiger charge is -2.29. The zero-order valence-corrected chi connectivity index (χ0v) is 18.7. The number of carbonyl (C=O) groups excluding carboxylic acids is 4. The Morgan fingerprint density at radius 1 is 1.18 bits per heavy atom. The van der Waals surface area contributed by atoms with Crippen LogP contribution in [-0.4, -0.2) is 41.7 Å². The van der Waals surface area contributed by atoms with Gasteiger partial charge in [-0.2, -0.15) is 0 Å². The first kappa shape index (κ1) is 21.1. The number of nitrogens with zero attached hydrogens (tertiary/aromatic N) is 1. The summed E-state index contributed by atoms with van der Waals surface area (Å²) < 4.78 is 6.24. The zero-order chi connectivity index (χ0) is 23.1. The highest BCUT2D eigenvalue weighted by atomic mass is 32.1. The molecule has 1 unspecified atom stereocenters. The van der Waals surface area contributed by atoms with Crippen LogP contribution in [0, 0.1) is 0 Å². The van der Waals surface area contributed by atoms with E-state index in [-0.39, 0.29) is 24.1 Å². The molecule has 0 spiro atoms. The summed E-state index contributed by atoms with van der Waals surface area (Å²) in [5.74, 6) is -0.379. The average Bonchev–Trinajstić information content (AvgIpc) is 3.38. The number of rotatable bonds is 5. The van der Waals surface area contributed by atoms with Gasteiger partial charge < -0.3 is 15.0 Å². The lowest BCUT2D eigenvalue weighted by molar-refractivity contribution is -0.136. The molecule has 4 amide bonds. The van der Waals surface area contributed by atoms with E-state index in [4.69, 9.17) is 4.74 Å². The van der Waals surface area contributed by atoms with Crippen molar-refractivity contribution in [1.82, 2.24) is 15.5 Å². The van der Waals surface area contributed by atoms with E-state index in [0.717, 1.165) is 27.0 Å². The highest BCUT2D eigenvalue weighted by Crippen LogP contribution is 2.30. The predicted octanol–water partition coefficient (Wildman–Crippen LogP) is 2.60. The minimum absolute atomic E-state index is 0.170. The molecule has 0 saturated carbocycles. The zero-order valence-electron chi connectivity index (χ0n) is 17.8. The molecule has 0 aliphatic carbocycles. The molecule has 3 heterocycles. The molecule has 9 heteroatoms. The van der Waals surface area contributed by atoms with Crippen molar-refractivity contribution in [1.29, 1.82) is 0 Å². The maximum absolute atomic E-state index is 12.8. The summed E-state index contributed by atoms with van der Waals surface area (Å²) in [6.07, 6.45) is 0.548. The first-order valence-corrected chi connectivity index (χ1v) is 11.4. The lowest BCUT2D eigenvalue weighted by Crippen LogP contribution is -2.52. The monoisotopic (exact) mass is 463 g/mol. The van der Waals surface area contributed by atoms with Crippen LogP contribution in [0.25, 0.3) is 10.1 Å². The predicted molar refractivity (Wildman–Crippen MR) is 122 cm³/mol. The van der Waals surface area contributed by atoms with Gasteiger partial charge in [0.15, 0.2) is 0 Å². The first-order chi connectivity index (χ1) is 15.9.